The summed E-state index contributed by atoms with van der Waals surface area (Å²) in [5, 5.41) is 10.0. The van der Waals surface area contributed by atoms with Crippen molar-refractivity contribution in [1.82, 2.24) is 20.9 Å². The lowest BCUT2D eigenvalue weighted by molar-refractivity contribution is -0.119. The molecule has 3 N–H and O–H groups in total. The standard InChI is InChI=1S/C19H32ClN5O/c1-5-21-18(26)14-24-19(22-6-2)23-13-17(25(7-3)8-4)15-11-9-10-12-16(15)20/h9-12,17H,5-8,13-14H2,1-4H3,(H,21,26)(H2,22,23,24). The van der Waals surface area contributed by atoms with E-state index in [0.717, 1.165) is 30.2 Å². The lowest BCUT2D eigenvalue weighted by atomic mass is 10.0. The van der Waals surface area contributed by atoms with Gasteiger partial charge in [-0.05, 0) is 38.6 Å². The van der Waals surface area contributed by atoms with Crippen LogP contribution in [0.15, 0.2) is 29.3 Å². The second-order valence-corrected chi connectivity index (χ2v) is 6.20. The zero-order chi connectivity index (χ0) is 19.4. The lowest BCUT2D eigenvalue weighted by Gasteiger charge is -2.31. The number of carbonyl (C=O) groups is 1. The molecule has 0 aliphatic carbocycles. The number of nitrogens with one attached hydrogen (secondary N) is 3. The number of guanidine groups is 1. The molecule has 1 aromatic carbocycles. The number of amides is 1. The van der Waals surface area contributed by atoms with Crippen LogP contribution >= 0.6 is 11.6 Å². The first-order valence-corrected chi connectivity index (χ1v) is 9.72. The molecule has 0 aromatic heterocycles. The first-order chi connectivity index (χ1) is 12.6. The van der Waals surface area contributed by atoms with Crippen molar-refractivity contribution < 1.29 is 4.79 Å². The molecular weight excluding hydrogens is 350 g/mol. The Balaban J connectivity index is 2.90. The average molecular weight is 382 g/mol. The molecule has 1 rings (SSSR count). The van der Waals surface area contributed by atoms with Gasteiger partial charge in [-0.2, -0.15) is 0 Å². The molecule has 0 aliphatic rings. The van der Waals surface area contributed by atoms with Crippen LogP contribution in [0.1, 0.15) is 39.3 Å². The first-order valence-electron chi connectivity index (χ1n) is 9.34. The summed E-state index contributed by atoms with van der Waals surface area (Å²) in [5.41, 5.74) is 1.09. The van der Waals surface area contributed by atoms with Gasteiger partial charge >= 0.3 is 0 Å². The fourth-order valence-electron chi connectivity index (χ4n) is 2.78. The van der Waals surface area contributed by atoms with Crippen LogP contribution in [-0.2, 0) is 4.79 Å². The fourth-order valence-corrected chi connectivity index (χ4v) is 3.05. The third-order valence-electron chi connectivity index (χ3n) is 4.08. The lowest BCUT2D eigenvalue weighted by Crippen LogP contribution is -2.43. The van der Waals surface area contributed by atoms with Crippen LogP contribution in [0.2, 0.25) is 5.02 Å². The number of rotatable bonds is 10. The van der Waals surface area contributed by atoms with Crippen LogP contribution in [0, 0.1) is 0 Å². The molecule has 0 heterocycles. The van der Waals surface area contributed by atoms with Crippen LogP contribution in [0.5, 0.6) is 0 Å². The summed E-state index contributed by atoms with van der Waals surface area (Å²) in [7, 11) is 0. The normalized spacial score (nSPS) is 12.8. The second kappa shape index (κ2) is 12.5. The van der Waals surface area contributed by atoms with Gasteiger partial charge in [0.25, 0.3) is 0 Å². The predicted octanol–water partition coefficient (Wildman–Crippen LogP) is 2.41. The molecule has 0 saturated carbocycles. The Morgan fingerprint density at radius 1 is 1.08 bits per heavy atom. The van der Waals surface area contributed by atoms with Crippen molar-refractivity contribution >= 4 is 23.5 Å². The molecule has 1 atom stereocenters. The highest BCUT2D eigenvalue weighted by Gasteiger charge is 2.20. The molecule has 0 spiro atoms. The Bertz CT molecular complexity index is 575. The smallest absolute Gasteiger partial charge is 0.241 e. The van der Waals surface area contributed by atoms with Gasteiger partial charge in [-0.3, -0.25) is 9.69 Å². The van der Waals surface area contributed by atoms with Crippen LogP contribution in [0.4, 0.5) is 0 Å². The Hall–Kier alpha value is -1.79. The van der Waals surface area contributed by atoms with Crippen molar-refractivity contribution in [3.63, 3.8) is 0 Å². The second-order valence-electron chi connectivity index (χ2n) is 5.79. The number of carbonyl (C=O) groups excluding carboxylic acids is 1. The SMILES string of the molecule is CCNC(=O)CN=C(NCC)NCC(c1ccccc1Cl)N(CC)CC. The Morgan fingerprint density at radius 2 is 1.73 bits per heavy atom. The number of hydrogen-bond donors (Lipinski definition) is 3. The minimum absolute atomic E-state index is 0.0869. The van der Waals surface area contributed by atoms with E-state index in [1.807, 2.05) is 32.0 Å². The molecule has 0 saturated heterocycles. The monoisotopic (exact) mass is 381 g/mol. The van der Waals surface area contributed by atoms with Gasteiger partial charge in [0.05, 0.1) is 6.04 Å². The van der Waals surface area contributed by atoms with Gasteiger partial charge in [-0.25, -0.2) is 4.99 Å². The van der Waals surface area contributed by atoms with Crippen molar-refractivity contribution in [2.24, 2.45) is 4.99 Å². The third kappa shape index (κ3) is 7.22. The van der Waals surface area contributed by atoms with E-state index in [4.69, 9.17) is 11.6 Å². The summed E-state index contributed by atoms with van der Waals surface area (Å²) >= 11 is 6.44. The molecule has 0 fully saturated rings. The van der Waals surface area contributed by atoms with Gasteiger partial charge in [-0.15, -0.1) is 0 Å². The highest BCUT2D eigenvalue weighted by Crippen LogP contribution is 2.26. The molecule has 1 aromatic rings. The molecule has 0 aliphatic heterocycles. The minimum atomic E-state index is -0.0869. The van der Waals surface area contributed by atoms with E-state index in [2.05, 4.69) is 45.8 Å². The molecule has 1 unspecified atom stereocenters. The summed E-state index contributed by atoms with van der Waals surface area (Å²) in [5.74, 6) is 0.541. The zero-order valence-electron chi connectivity index (χ0n) is 16.3. The number of halogens is 1. The maximum atomic E-state index is 11.7. The summed E-state index contributed by atoms with van der Waals surface area (Å²) < 4.78 is 0. The van der Waals surface area contributed by atoms with Crippen LogP contribution in [0.3, 0.4) is 0 Å². The molecule has 26 heavy (non-hydrogen) atoms. The van der Waals surface area contributed by atoms with E-state index in [1.165, 1.54) is 0 Å². The summed E-state index contributed by atoms with van der Waals surface area (Å²) in [4.78, 5) is 18.4. The molecule has 6 nitrogen and oxygen atoms in total. The van der Waals surface area contributed by atoms with Gasteiger partial charge in [0.1, 0.15) is 6.54 Å². The average Bonchev–Trinajstić information content (AvgIpc) is 2.64. The van der Waals surface area contributed by atoms with E-state index in [-0.39, 0.29) is 18.5 Å². The van der Waals surface area contributed by atoms with Crippen LogP contribution in [-0.4, -0.2) is 56.0 Å². The zero-order valence-corrected chi connectivity index (χ0v) is 17.1. The number of likely N-dealkylation sites (N-methyl/N-ethyl adjacent to an activating group) is 2. The summed E-state index contributed by atoms with van der Waals surface area (Å²) in [6.45, 7) is 12.1. The highest BCUT2D eigenvalue weighted by molar-refractivity contribution is 6.31. The van der Waals surface area contributed by atoms with Gasteiger partial charge in [0.15, 0.2) is 5.96 Å². The number of nitrogens with zero attached hydrogens (tertiary/aromatic N) is 2. The maximum Gasteiger partial charge on any atom is 0.241 e. The maximum absolute atomic E-state index is 11.7. The van der Waals surface area contributed by atoms with Gasteiger partial charge < -0.3 is 16.0 Å². The number of aliphatic imine (C=N–C) groups is 1. The highest BCUT2D eigenvalue weighted by atomic mass is 35.5. The van der Waals surface area contributed by atoms with Crippen molar-refractivity contribution in [1.29, 1.82) is 0 Å². The quantitative estimate of drug-likeness (QED) is 0.430. The van der Waals surface area contributed by atoms with Crippen molar-refractivity contribution in [2.45, 2.75) is 33.7 Å². The minimum Gasteiger partial charge on any atom is -0.357 e. The van der Waals surface area contributed by atoms with E-state index in [1.54, 1.807) is 0 Å². The van der Waals surface area contributed by atoms with Crippen LogP contribution < -0.4 is 16.0 Å². The Labute approximate surface area is 162 Å². The van der Waals surface area contributed by atoms with E-state index >= 15 is 0 Å². The molecule has 1 amide bonds. The predicted molar refractivity (Wildman–Crippen MR) is 110 cm³/mol. The Morgan fingerprint density at radius 3 is 2.31 bits per heavy atom. The molecule has 0 radical (unpaired) electrons. The van der Waals surface area contributed by atoms with E-state index in [0.29, 0.717) is 19.0 Å². The van der Waals surface area contributed by atoms with Gasteiger partial charge in [0, 0.05) is 24.7 Å². The van der Waals surface area contributed by atoms with Crippen LogP contribution in [0.25, 0.3) is 0 Å². The topological polar surface area (TPSA) is 68.8 Å². The van der Waals surface area contributed by atoms with Crippen molar-refractivity contribution in [2.75, 3.05) is 39.3 Å². The molecule has 146 valence electrons. The van der Waals surface area contributed by atoms with E-state index in [9.17, 15) is 4.79 Å². The largest absolute Gasteiger partial charge is 0.357 e. The number of benzene rings is 1. The summed E-state index contributed by atoms with van der Waals surface area (Å²) in [6, 6.07) is 8.04. The molecular formula is C19H32ClN5O. The van der Waals surface area contributed by atoms with Crippen molar-refractivity contribution in [3.05, 3.63) is 34.9 Å². The summed E-state index contributed by atoms with van der Waals surface area (Å²) in [6.07, 6.45) is 0. The van der Waals surface area contributed by atoms with E-state index < -0.39 is 0 Å². The number of hydrogen-bond acceptors (Lipinski definition) is 3. The molecule has 7 heteroatoms. The van der Waals surface area contributed by atoms with Gasteiger partial charge in [-0.1, -0.05) is 43.6 Å². The van der Waals surface area contributed by atoms with Gasteiger partial charge in [0.2, 0.25) is 5.91 Å². The fraction of sp³-hybridized carbons (Fsp3) is 0.579. The first kappa shape index (κ1) is 22.3. The molecule has 0 bridgehead atoms. The third-order valence-corrected chi connectivity index (χ3v) is 4.42. The van der Waals surface area contributed by atoms with Crippen molar-refractivity contribution in [3.8, 4) is 0 Å². The Kier molecular flexibility index (Phi) is 10.7.